The van der Waals surface area contributed by atoms with Gasteiger partial charge in [0.15, 0.2) is 11.6 Å². The number of halogens is 2. The number of rotatable bonds is 3. The molecule has 1 fully saturated rings. The molecule has 1 aromatic rings. The van der Waals surface area contributed by atoms with Crippen molar-refractivity contribution in [1.29, 1.82) is 0 Å². The summed E-state index contributed by atoms with van der Waals surface area (Å²) in [5, 5.41) is 12.7. The first kappa shape index (κ1) is 12.6. The van der Waals surface area contributed by atoms with Crippen LogP contribution in [-0.2, 0) is 0 Å². The Kier molecular flexibility index (Phi) is 4.18. The fourth-order valence-corrected chi connectivity index (χ4v) is 2.28. The summed E-state index contributed by atoms with van der Waals surface area (Å²) in [5.74, 6) is 0.309. The van der Waals surface area contributed by atoms with E-state index in [1.54, 1.807) is 0 Å². The number of aromatic nitrogens is 1. The van der Waals surface area contributed by atoms with Gasteiger partial charge in [-0.25, -0.2) is 9.37 Å². The Labute approximate surface area is 105 Å². The zero-order valence-electron chi connectivity index (χ0n) is 9.50. The molecule has 3 nitrogen and oxygen atoms in total. The van der Waals surface area contributed by atoms with E-state index in [2.05, 4.69) is 10.3 Å². The Morgan fingerprint density at radius 2 is 2.12 bits per heavy atom. The van der Waals surface area contributed by atoms with Gasteiger partial charge in [0.05, 0.1) is 11.1 Å². The van der Waals surface area contributed by atoms with Crippen LogP contribution in [0.25, 0.3) is 0 Å². The summed E-state index contributed by atoms with van der Waals surface area (Å²) in [6, 6.07) is 1.25. The van der Waals surface area contributed by atoms with E-state index in [9.17, 15) is 9.50 Å². The monoisotopic (exact) mass is 258 g/mol. The molecule has 2 rings (SSSR count). The third-order valence-electron chi connectivity index (χ3n) is 3.18. The molecule has 0 spiro atoms. The van der Waals surface area contributed by atoms with E-state index in [-0.39, 0.29) is 11.9 Å². The fourth-order valence-electron chi connectivity index (χ4n) is 2.13. The van der Waals surface area contributed by atoms with Crippen LogP contribution in [0.3, 0.4) is 0 Å². The highest BCUT2D eigenvalue weighted by Gasteiger charge is 2.19. The predicted molar refractivity (Wildman–Crippen MR) is 65.7 cm³/mol. The molecule has 0 saturated heterocycles. The molecule has 0 amide bonds. The van der Waals surface area contributed by atoms with E-state index in [1.165, 1.54) is 12.3 Å². The van der Waals surface area contributed by atoms with Crippen LogP contribution in [0.5, 0.6) is 0 Å². The first-order chi connectivity index (χ1) is 8.15. The van der Waals surface area contributed by atoms with Crippen molar-refractivity contribution in [2.45, 2.75) is 31.8 Å². The Morgan fingerprint density at radius 1 is 1.41 bits per heavy atom. The van der Waals surface area contributed by atoms with Crippen molar-refractivity contribution in [3.63, 3.8) is 0 Å². The van der Waals surface area contributed by atoms with Gasteiger partial charge in [-0.05, 0) is 37.7 Å². The highest BCUT2D eigenvalue weighted by molar-refractivity contribution is 6.30. The van der Waals surface area contributed by atoms with Crippen LogP contribution >= 0.6 is 11.6 Å². The highest BCUT2D eigenvalue weighted by Crippen LogP contribution is 2.25. The van der Waals surface area contributed by atoms with Crippen LogP contribution in [0, 0.1) is 11.7 Å². The number of aliphatic hydroxyl groups excluding tert-OH is 1. The summed E-state index contributed by atoms with van der Waals surface area (Å²) >= 11 is 5.62. The molecule has 1 aliphatic carbocycles. The molecule has 1 heterocycles. The Bertz CT molecular complexity index is 381. The molecule has 1 aliphatic rings. The van der Waals surface area contributed by atoms with E-state index in [0.717, 1.165) is 25.7 Å². The van der Waals surface area contributed by atoms with E-state index in [0.29, 0.717) is 17.5 Å². The fraction of sp³-hybridized carbons (Fsp3) is 0.583. The van der Waals surface area contributed by atoms with Gasteiger partial charge in [-0.1, -0.05) is 11.6 Å². The molecule has 0 unspecified atom stereocenters. The maximum atomic E-state index is 13.4. The van der Waals surface area contributed by atoms with Crippen LogP contribution in [0.15, 0.2) is 12.3 Å². The number of nitrogens with zero attached hydrogens (tertiary/aromatic N) is 1. The number of nitrogens with one attached hydrogen (secondary N) is 1. The summed E-state index contributed by atoms with van der Waals surface area (Å²) in [7, 11) is 0. The average molecular weight is 259 g/mol. The second-order valence-electron chi connectivity index (χ2n) is 4.54. The van der Waals surface area contributed by atoms with Gasteiger partial charge in [-0.2, -0.15) is 0 Å². The average Bonchev–Trinajstić information content (AvgIpc) is 2.30. The van der Waals surface area contributed by atoms with Gasteiger partial charge < -0.3 is 10.4 Å². The molecule has 0 bridgehead atoms. The van der Waals surface area contributed by atoms with Crippen LogP contribution in [-0.4, -0.2) is 22.7 Å². The van der Waals surface area contributed by atoms with Crippen molar-refractivity contribution < 1.29 is 9.50 Å². The van der Waals surface area contributed by atoms with E-state index in [4.69, 9.17) is 11.6 Å². The Morgan fingerprint density at radius 3 is 2.76 bits per heavy atom. The molecular formula is C12H16ClFN2O. The normalized spacial score (nSPS) is 24.6. The van der Waals surface area contributed by atoms with Crippen molar-refractivity contribution in [2.75, 3.05) is 11.9 Å². The molecule has 94 valence electrons. The molecule has 5 heteroatoms. The smallest absolute Gasteiger partial charge is 0.166 e. The van der Waals surface area contributed by atoms with Gasteiger partial charge in [0, 0.05) is 12.7 Å². The summed E-state index contributed by atoms with van der Waals surface area (Å²) < 4.78 is 13.4. The lowest BCUT2D eigenvalue weighted by Gasteiger charge is -2.25. The third-order valence-corrected chi connectivity index (χ3v) is 3.39. The van der Waals surface area contributed by atoms with Gasteiger partial charge >= 0.3 is 0 Å². The maximum absolute atomic E-state index is 13.4. The molecule has 0 aromatic carbocycles. The van der Waals surface area contributed by atoms with Crippen molar-refractivity contribution in [3.05, 3.63) is 23.1 Å². The lowest BCUT2D eigenvalue weighted by molar-refractivity contribution is 0.111. The van der Waals surface area contributed by atoms with Gasteiger partial charge in [0.2, 0.25) is 0 Å². The molecule has 1 saturated carbocycles. The first-order valence-corrected chi connectivity index (χ1v) is 6.26. The number of aliphatic hydroxyl groups is 1. The molecule has 1 aromatic heterocycles. The van der Waals surface area contributed by atoms with Crippen molar-refractivity contribution in [1.82, 2.24) is 4.98 Å². The third kappa shape index (κ3) is 3.54. The largest absolute Gasteiger partial charge is 0.393 e. The van der Waals surface area contributed by atoms with E-state index in [1.807, 2.05) is 0 Å². The summed E-state index contributed by atoms with van der Waals surface area (Å²) in [4.78, 5) is 3.91. The Balaban J connectivity index is 1.85. The summed E-state index contributed by atoms with van der Waals surface area (Å²) in [6.45, 7) is 0.693. The second kappa shape index (κ2) is 5.65. The summed E-state index contributed by atoms with van der Waals surface area (Å²) in [6.07, 6.45) is 4.90. The number of pyridine rings is 1. The first-order valence-electron chi connectivity index (χ1n) is 5.88. The SMILES string of the molecule is OC1CCC(CNc2ncc(Cl)cc2F)CC1. The number of anilines is 1. The van der Waals surface area contributed by atoms with Gasteiger partial charge in [-0.15, -0.1) is 0 Å². The number of hydrogen-bond donors (Lipinski definition) is 2. The molecule has 0 radical (unpaired) electrons. The van der Waals surface area contributed by atoms with Gasteiger partial charge in [0.25, 0.3) is 0 Å². The second-order valence-corrected chi connectivity index (χ2v) is 4.98. The zero-order valence-corrected chi connectivity index (χ0v) is 10.3. The minimum atomic E-state index is -0.423. The van der Waals surface area contributed by atoms with Crippen molar-refractivity contribution in [3.8, 4) is 0 Å². The molecule has 0 aliphatic heterocycles. The molecule has 2 N–H and O–H groups in total. The molecular weight excluding hydrogens is 243 g/mol. The minimum Gasteiger partial charge on any atom is -0.393 e. The van der Waals surface area contributed by atoms with Crippen molar-refractivity contribution in [2.24, 2.45) is 5.92 Å². The number of hydrogen-bond acceptors (Lipinski definition) is 3. The molecule has 0 atom stereocenters. The lowest BCUT2D eigenvalue weighted by Crippen LogP contribution is -2.24. The zero-order chi connectivity index (χ0) is 12.3. The van der Waals surface area contributed by atoms with Gasteiger partial charge in [0.1, 0.15) is 0 Å². The van der Waals surface area contributed by atoms with Crippen LogP contribution in [0.1, 0.15) is 25.7 Å². The van der Waals surface area contributed by atoms with Crippen LogP contribution in [0.4, 0.5) is 10.2 Å². The quantitative estimate of drug-likeness (QED) is 0.876. The van der Waals surface area contributed by atoms with E-state index >= 15 is 0 Å². The highest BCUT2D eigenvalue weighted by atomic mass is 35.5. The minimum absolute atomic E-state index is 0.156. The van der Waals surface area contributed by atoms with Crippen LogP contribution in [0.2, 0.25) is 5.02 Å². The van der Waals surface area contributed by atoms with Crippen molar-refractivity contribution >= 4 is 17.4 Å². The summed E-state index contributed by atoms with van der Waals surface area (Å²) in [5.41, 5.74) is 0. The maximum Gasteiger partial charge on any atom is 0.166 e. The van der Waals surface area contributed by atoms with Crippen LogP contribution < -0.4 is 5.32 Å². The lowest BCUT2D eigenvalue weighted by atomic mass is 9.87. The predicted octanol–water partition coefficient (Wildman–Crippen LogP) is 2.84. The Hall–Kier alpha value is -0.870. The molecule has 17 heavy (non-hydrogen) atoms. The van der Waals surface area contributed by atoms with E-state index < -0.39 is 5.82 Å². The standard InChI is InChI=1S/C12H16ClFN2O/c13-9-5-11(14)12(16-7-9)15-6-8-1-3-10(17)4-2-8/h5,7-8,10,17H,1-4,6H2,(H,15,16). The topological polar surface area (TPSA) is 45.1 Å². The van der Waals surface area contributed by atoms with Gasteiger partial charge in [-0.3, -0.25) is 0 Å².